The van der Waals surface area contributed by atoms with Gasteiger partial charge in [0.2, 0.25) is 6.79 Å². The van der Waals surface area contributed by atoms with Crippen LogP contribution in [-0.2, 0) is 4.79 Å². The lowest BCUT2D eigenvalue weighted by molar-refractivity contribution is -0.114. The van der Waals surface area contributed by atoms with Crippen molar-refractivity contribution in [2.75, 3.05) is 13.9 Å². The SMILES string of the molecule is COc1ccc([C@@H]2C(C(C)=O)=C(C)Oc3cc4c(cc32)OCO4)cc1. The van der Waals surface area contributed by atoms with Gasteiger partial charge in [-0.3, -0.25) is 4.79 Å². The van der Waals surface area contributed by atoms with Gasteiger partial charge in [-0.25, -0.2) is 0 Å². The Morgan fingerprint density at radius 3 is 2.40 bits per heavy atom. The highest BCUT2D eigenvalue weighted by Crippen LogP contribution is 2.48. The Balaban J connectivity index is 1.90. The van der Waals surface area contributed by atoms with E-state index >= 15 is 0 Å². The number of Topliss-reactive ketones (excluding diaryl/α,β-unsaturated/α-hetero) is 1. The van der Waals surface area contributed by atoms with Crippen LogP contribution in [0, 0.1) is 0 Å². The summed E-state index contributed by atoms with van der Waals surface area (Å²) in [5.41, 5.74) is 2.54. The molecule has 0 saturated heterocycles. The number of hydrogen-bond donors (Lipinski definition) is 0. The Bertz CT molecular complexity index is 880. The molecule has 1 atom stereocenters. The summed E-state index contributed by atoms with van der Waals surface area (Å²) in [5.74, 6) is 3.16. The second-order valence-electron chi connectivity index (χ2n) is 6.08. The van der Waals surface area contributed by atoms with Gasteiger partial charge in [0.1, 0.15) is 17.3 Å². The molecule has 5 heteroatoms. The second-order valence-corrected chi connectivity index (χ2v) is 6.08. The average Bonchev–Trinajstić information content (AvgIpc) is 3.06. The number of ketones is 1. The van der Waals surface area contributed by atoms with E-state index in [0.717, 1.165) is 16.9 Å². The number of hydrogen-bond acceptors (Lipinski definition) is 5. The smallest absolute Gasteiger partial charge is 0.231 e. The number of carbonyl (C=O) groups is 1. The van der Waals surface area contributed by atoms with E-state index in [1.54, 1.807) is 14.0 Å². The molecule has 0 bridgehead atoms. The lowest BCUT2D eigenvalue weighted by atomic mass is 9.80. The molecule has 2 aliphatic rings. The molecule has 2 aromatic carbocycles. The summed E-state index contributed by atoms with van der Waals surface area (Å²) in [4.78, 5) is 12.3. The van der Waals surface area contributed by atoms with Crippen LogP contribution >= 0.6 is 0 Å². The van der Waals surface area contributed by atoms with Crippen LogP contribution < -0.4 is 18.9 Å². The number of methoxy groups -OCH3 is 1. The van der Waals surface area contributed by atoms with E-state index in [1.807, 2.05) is 43.3 Å². The highest BCUT2D eigenvalue weighted by Gasteiger charge is 2.34. The number of ether oxygens (including phenoxy) is 4. The first-order chi connectivity index (χ1) is 12.1. The van der Waals surface area contributed by atoms with Gasteiger partial charge < -0.3 is 18.9 Å². The molecular weight excluding hydrogens is 320 g/mol. The number of allylic oxidation sites excluding steroid dienone is 2. The highest BCUT2D eigenvalue weighted by molar-refractivity contribution is 5.97. The fourth-order valence-electron chi connectivity index (χ4n) is 3.43. The summed E-state index contributed by atoms with van der Waals surface area (Å²) in [6.45, 7) is 3.58. The zero-order valence-corrected chi connectivity index (χ0v) is 14.3. The van der Waals surface area contributed by atoms with E-state index in [2.05, 4.69) is 0 Å². The summed E-state index contributed by atoms with van der Waals surface area (Å²) in [6, 6.07) is 11.5. The van der Waals surface area contributed by atoms with Gasteiger partial charge in [-0.05, 0) is 37.6 Å². The second kappa shape index (κ2) is 5.84. The molecule has 0 N–H and O–H groups in total. The van der Waals surface area contributed by atoms with Crippen molar-refractivity contribution in [2.45, 2.75) is 19.8 Å². The van der Waals surface area contributed by atoms with E-state index < -0.39 is 0 Å². The first-order valence-electron chi connectivity index (χ1n) is 8.05. The number of benzene rings is 2. The van der Waals surface area contributed by atoms with Crippen LogP contribution in [0.2, 0.25) is 0 Å². The predicted molar refractivity (Wildman–Crippen MR) is 91.4 cm³/mol. The van der Waals surface area contributed by atoms with Crippen LogP contribution in [0.25, 0.3) is 0 Å². The average molecular weight is 338 g/mol. The van der Waals surface area contributed by atoms with Gasteiger partial charge in [0, 0.05) is 23.1 Å². The van der Waals surface area contributed by atoms with Crippen LogP contribution in [0.1, 0.15) is 30.9 Å². The standard InChI is InChI=1S/C20H18O5/c1-11(21)19-12(2)25-16-9-18-17(23-10-24-18)8-15(16)20(19)13-4-6-14(22-3)7-5-13/h4-9,20H,10H2,1-3H3/t20-/m0/s1. The maximum Gasteiger partial charge on any atom is 0.231 e. The first kappa shape index (κ1) is 15.6. The lowest BCUT2D eigenvalue weighted by Gasteiger charge is -2.29. The normalized spacial score (nSPS) is 17.8. The molecule has 0 aromatic heterocycles. The molecule has 128 valence electrons. The molecule has 0 radical (unpaired) electrons. The molecule has 0 spiro atoms. The molecule has 0 fully saturated rings. The fraction of sp³-hybridized carbons (Fsp3) is 0.250. The molecule has 0 aliphatic carbocycles. The zero-order chi connectivity index (χ0) is 17.6. The van der Waals surface area contributed by atoms with E-state index in [-0.39, 0.29) is 18.5 Å². The van der Waals surface area contributed by atoms with Crippen LogP contribution in [0.5, 0.6) is 23.0 Å². The summed E-state index contributed by atoms with van der Waals surface area (Å²) in [6.07, 6.45) is 0. The van der Waals surface area contributed by atoms with E-state index in [4.69, 9.17) is 18.9 Å². The van der Waals surface area contributed by atoms with Crippen molar-refractivity contribution in [1.29, 1.82) is 0 Å². The van der Waals surface area contributed by atoms with E-state index in [9.17, 15) is 4.79 Å². The third-order valence-corrected chi connectivity index (χ3v) is 4.58. The Kier molecular flexibility index (Phi) is 3.64. The summed E-state index contributed by atoms with van der Waals surface area (Å²) < 4.78 is 22.1. The number of fused-ring (bicyclic) bond motifs is 2. The van der Waals surface area contributed by atoms with Crippen molar-refractivity contribution >= 4 is 5.78 Å². The molecule has 0 saturated carbocycles. The van der Waals surface area contributed by atoms with Gasteiger partial charge >= 0.3 is 0 Å². The van der Waals surface area contributed by atoms with E-state index in [1.165, 1.54) is 0 Å². The van der Waals surface area contributed by atoms with Crippen molar-refractivity contribution in [3.63, 3.8) is 0 Å². The molecule has 2 aliphatic heterocycles. The van der Waals surface area contributed by atoms with Gasteiger partial charge in [-0.2, -0.15) is 0 Å². The molecule has 0 amide bonds. The third-order valence-electron chi connectivity index (χ3n) is 4.58. The van der Waals surface area contributed by atoms with Crippen LogP contribution in [-0.4, -0.2) is 19.7 Å². The van der Waals surface area contributed by atoms with Crippen molar-refractivity contribution < 1.29 is 23.7 Å². The van der Waals surface area contributed by atoms with Crippen molar-refractivity contribution in [3.8, 4) is 23.0 Å². The predicted octanol–water partition coefficient (Wildman–Crippen LogP) is 3.81. The topological polar surface area (TPSA) is 54.0 Å². The maximum atomic E-state index is 12.3. The molecule has 25 heavy (non-hydrogen) atoms. The molecular formula is C20H18O5. The maximum absolute atomic E-state index is 12.3. The molecule has 5 nitrogen and oxygen atoms in total. The van der Waals surface area contributed by atoms with Crippen molar-refractivity contribution in [3.05, 3.63) is 58.9 Å². The molecule has 2 aromatic rings. The number of rotatable bonds is 3. The summed E-state index contributed by atoms with van der Waals surface area (Å²) >= 11 is 0. The lowest BCUT2D eigenvalue weighted by Crippen LogP contribution is -2.20. The quantitative estimate of drug-likeness (QED) is 0.852. The van der Waals surface area contributed by atoms with Crippen LogP contribution in [0.15, 0.2) is 47.7 Å². The van der Waals surface area contributed by atoms with Gasteiger partial charge in [0.05, 0.1) is 7.11 Å². The molecule has 0 unspecified atom stereocenters. The van der Waals surface area contributed by atoms with Gasteiger partial charge in [0.25, 0.3) is 0 Å². The highest BCUT2D eigenvalue weighted by atomic mass is 16.7. The van der Waals surface area contributed by atoms with Crippen molar-refractivity contribution in [1.82, 2.24) is 0 Å². The minimum Gasteiger partial charge on any atom is -0.497 e. The number of carbonyl (C=O) groups excluding carboxylic acids is 1. The Labute approximate surface area is 145 Å². The van der Waals surface area contributed by atoms with Gasteiger partial charge in [0.15, 0.2) is 17.3 Å². The van der Waals surface area contributed by atoms with Crippen LogP contribution in [0.4, 0.5) is 0 Å². The van der Waals surface area contributed by atoms with Gasteiger partial charge in [-0.15, -0.1) is 0 Å². The summed E-state index contributed by atoms with van der Waals surface area (Å²) in [7, 11) is 1.63. The minimum atomic E-state index is -0.221. The first-order valence-corrected chi connectivity index (χ1v) is 8.05. The summed E-state index contributed by atoms with van der Waals surface area (Å²) in [5, 5.41) is 0. The Morgan fingerprint density at radius 2 is 1.76 bits per heavy atom. The van der Waals surface area contributed by atoms with Crippen LogP contribution in [0.3, 0.4) is 0 Å². The zero-order valence-electron chi connectivity index (χ0n) is 14.3. The Hall–Kier alpha value is -2.95. The Morgan fingerprint density at radius 1 is 1.08 bits per heavy atom. The van der Waals surface area contributed by atoms with Gasteiger partial charge in [-0.1, -0.05) is 12.1 Å². The molecule has 2 heterocycles. The largest absolute Gasteiger partial charge is 0.497 e. The third kappa shape index (κ3) is 2.52. The molecule has 4 rings (SSSR count). The van der Waals surface area contributed by atoms with Crippen molar-refractivity contribution in [2.24, 2.45) is 0 Å². The monoisotopic (exact) mass is 338 g/mol. The fourth-order valence-corrected chi connectivity index (χ4v) is 3.43. The minimum absolute atomic E-state index is 0.0124. The van der Waals surface area contributed by atoms with E-state index in [0.29, 0.717) is 28.6 Å².